The lowest BCUT2D eigenvalue weighted by Gasteiger charge is -2.11. The molecule has 0 aromatic heterocycles. The Morgan fingerprint density at radius 3 is 2.62 bits per heavy atom. The van der Waals surface area contributed by atoms with E-state index in [1.165, 1.54) is 0 Å². The second kappa shape index (κ2) is 4.03. The van der Waals surface area contributed by atoms with E-state index in [0.717, 1.165) is 0 Å². The molecule has 5 heteroatoms. The van der Waals surface area contributed by atoms with Gasteiger partial charge in [0.1, 0.15) is 5.75 Å². The molecule has 0 spiro atoms. The minimum Gasteiger partial charge on any atom is -0.474 e. The van der Waals surface area contributed by atoms with E-state index in [9.17, 15) is 4.79 Å². The molecule has 1 N–H and O–H groups in total. The second-order valence-corrected chi connectivity index (χ2v) is 3.36. The van der Waals surface area contributed by atoms with Crippen molar-refractivity contribution in [3.63, 3.8) is 0 Å². The number of nitrogens with one attached hydrogen (secondary N) is 1. The van der Waals surface area contributed by atoms with Gasteiger partial charge in [-0.2, -0.15) is 10.4 Å². The zero-order valence-electron chi connectivity index (χ0n) is 8.60. The minimum atomic E-state index is -0.673. The number of carbonyl (C=O) groups is 1. The predicted molar refractivity (Wildman–Crippen MR) is 56.8 cm³/mol. The first-order valence-corrected chi connectivity index (χ1v) is 4.71. The van der Waals surface area contributed by atoms with Crippen molar-refractivity contribution in [1.82, 2.24) is 5.43 Å². The van der Waals surface area contributed by atoms with E-state index < -0.39 is 6.10 Å². The van der Waals surface area contributed by atoms with Crippen LogP contribution in [0.3, 0.4) is 0 Å². The molecule has 0 fully saturated rings. The zero-order chi connectivity index (χ0) is 11.5. The van der Waals surface area contributed by atoms with E-state index in [0.29, 0.717) is 17.0 Å². The minimum absolute atomic E-state index is 0.276. The third-order valence-electron chi connectivity index (χ3n) is 2.20. The van der Waals surface area contributed by atoms with Gasteiger partial charge in [-0.05, 0) is 31.2 Å². The summed E-state index contributed by atoms with van der Waals surface area (Å²) in [5, 5.41) is 12.4. The number of carbonyl (C=O) groups excluding carboxylic acids is 1. The molecule has 80 valence electrons. The Hall–Kier alpha value is -2.35. The van der Waals surface area contributed by atoms with Gasteiger partial charge in [-0.3, -0.25) is 4.79 Å². The number of rotatable bonds is 2. The fourth-order valence-electron chi connectivity index (χ4n) is 1.33. The average molecular weight is 215 g/mol. The van der Waals surface area contributed by atoms with Crippen LogP contribution in [-0.2, 0) is 4.79 Å². The van der Waals surface area contributed by atoms with Crippen LogP contribution in [-0.4, -0.2) is 17.7 Å². The summed E-state index contributed by atoms with van der Waals surface area (Å²) < 4.78 is 5.45. The topological polar surface area (TPSA) is 74.5 Å². The summed E-state index contributed by atoms with van der Waals surface area (Å²) in [6.45, 7) is 1.71. The summed E-state index contributed by atoms with van der Waals surface area (Å²) in [4.78, 5) is 11.3. The summed E-state index contributed by atoms with van der Waals surface area (Å²) in [6.07, 6.45) is -0.673. The van der Waals surface area contributed by atoms with E-state index >= 15 is 0 Å². The zero-order valence-corrected chi connectivity index (χ0v) is 8.60. The van der Waals surface area contributed by atoms with Crippen molar-refractivity contribution in [2.24, 2.45) is 5.10 Å². The van der Waals surface area contributed by atoms with Crippen LogP contribution in [0.25, 0.3) is 0 Å². The molecule has 1 atom stereocenters. The number of benzene rings is 1. The maximum Gasteiger partial charge on any atom is 0.287 e. The summed E-state index contributed by atoms with van der Waals surface area (Å²) in [5.74, 6) is 0.262. The van der Waals surface area contributed by atoms with Crippen LogP contribution >= 0.6 is 0 Å². The molecule has 0 radical (unpaired) electrons. The molecule has 1 heterocycles. The van der Waals surface area contributed by atoms with Crippen LogP contribution in [0.5, 0.6) is 5.75 Å². The molecule has 0 bridgehead atoms. The van der Waals surface area contributed by atoms with E-state index in [1.54, 1.807) is 31.2 Å². The maximum atomic E-state index is 11.3. The van der Waals surface area contributed by atoms with Crippen LogP contribution in [0.2, 0.25) is 0 Å². The summed E-state index contributed by atoms with van der Waals surface area (Å²) in [5.41, 5.74) is 3.48. The fourth-order valence-corrected chi connectivity index (χ4v) is 1.33. The van der Waals surface area contributed by atoms with Crippen molar-refractivity contribution in [3.05, 3.63) is 29.8 Å². The normalized spacial score (nSPS) is 18.6. The predicted octanol–water partition coefficient (Wildman–Crippen LogP) is 0.811. The number of nitriles is 1. The van der Waals surface area contributed by atoms with E-state index in [-0.39, 0.29) is 5.91 Å². The van der Waals surface area contributed by atoms with Gasteiger partial charge < -0.3 is 4.74 Å². The lowest BCUT2D eigenvalue weighted by Crippen LogP contribution is -2.33. The van der Waals surface area contributed by atoms with E-state index in [2.05, 4.69) is 10.5 Å². The molecule has 0 saturated carbocycles. The lowest BCUT2D eigenvalue weighted by molar-refractivity contribution is -0.124. The first-order valence-electron chi connectivity index (χ1n) is 4.71. The van der Waals surface area contributed by atoms with Gasteiger partial charge in [0.05, 0.1) is 17.3 Å². The van der Waals surface area contributed by atoms with Crippen LogP contribution in [0.4, 0.5) is 0 Å². The van der Waals surface area contributed by atoms with Crippen LogP contribution in [0.15, 0.2) is 29.4 Å². The molecule has 1 aromatic rings. The quantitative estimate of drug-likeness (QED) is 0.793. The summed E-state index contributed by atoms with van der Waals surface area (Å²) in [7, 11) is 0. The van der Waals surface area contributed by atoms with Crippen LogP contribution < -0.4 is 10.2 Å². The molecule has 1 aliphatic rings. The van der Waals surface area contributed by atoms with Crippen molar-refractivity contribution < 1.29 is 9.53 Å². The number of hydrogen-bond acceptors (Lipinski definition) is 4. The lowest BCUT2D eigenvalue weighted by atomic mass is 10.2. The highest BCUT2D eigenvalue weighted by Crippen LogP contribution is 2.15. The summed E-state index contributed by atoms with van der Waals surface area (Å²) in [6, 6.07) is 8.57. The van der Waals surface area contributed by atoms with Gasteiger partial charge in [0.15, 0.2) is 0 Å². The third kappa shape index (κ3) is 1.86. The highest BCUT2D eigenvalue weighted by molar-refractivity contribution is 6.09. The SMILES string of the molecule is CC1=NNC(=O)C1Oc1ccc(C#N)cc1. The van der Waals surface area contributed by atoms with Crippen molar-refractivity contribution in [3.8, 4) is 11.8 Å². The molecule has 1 unspecified atom stereocenters. The van der Waals surface area contributed by atoms with E-state index in [4.69, 9.17) is 10.00 Å². The Labute approximate surface area is 92.3 Å². The molecule has 1 amide bonds. The largest absolute Gasteiger partial charge is 0.474 e. The standard InChI is InChI=1S/C11H9N3O2/c1-7-10(11(15)14-13-7)16-9-4-2-8(6-12)3-5-9/h2-5,10H,1H3,(H,14,15). The number of amides is 1. The molecular weight excluding hydrogens is 206 g/mol. The van der Waals surface area contributed by atoms with Crippen molar-refractivity contribution in [2.75, 3.05) is 0 Å². The number of ether oxygens (including phenoxy) is 1. The van der Waals surface area contributed by atoms with Gasteiger partial charge in [0, 0.05) is 0 Å². The molecule has 1 aliphatic heterocycles. The van der Waals surface area contributed by atoms with Crippen LogP contribution in [0.1, 0.15) is 12.5 Å². The molecule has 1 aromatic carbocycles. The number of hydrogen-bond donors (Lipinski definition) is 1. The van der Waals surface area contributed by atoms with Gasteiger partial charge >= 0.3 is 0 Å². The Morgan fingerprint density at radius 2 is 2.12 bits per heavy atom. The van der Waals surface area contributed by atoms with Crippen molar-refractivity contribution in [2.45, 2.75) is 13.0 Å². The smallest absolute Gasteiger partial charge is 0.287 e. The molecule has 5 nitrogen and oxygen atoms in total. The molecule has 0 saturated heterocycles. The maximum absolute atomic E-state index is 11.3. The van der Waals surface area contributed by atoms with Crippen molar-refractivity contribution >= 4 is 11.6 Å². The molecular formula is C11H9N3O2. The first kappa shape index (κ1) is 10.2. The third-order valence-corrected chi connectivity index (χ3v) is 2.20. The van der Waals surface area contributed by atoms with Gasteiger partial charge in [0.25, 0.3) is 5.91 Å². The Morgan fingerprint density at radius 1 is 1.44 bits per heavy atom. The number of nitrogens with zero attached hydrogens (tertiary/aromatic N) is 2. The van der Waals surface area contributed by atoms with Gasteiger partial charge in [-0.15, -0.1) is 0 Å². The highest BCUT2D eigenvalue weighted by Gasteiger charge is 2.28. The fraction of sp³-hybridized carbons (Fsp3) is 0.182. The van der Waals surface area contributed by atoms with Gasteiger partial charge in [0.2, 0.25) is 6.10 Å². The van der Waals surface area contributed by atoms with E-state index in [1.807, 2.05) is 6.07 Å². The molecule has 16 heavy (non-hydrogen) atoms. The Balaban J connectivity index is 2.12. The Kier molecular flexibility index (Phi) is 2.56. The second-order valence-electron chi connectivity index (χ2n) is 3.36. The monoisotopic (exact) mass is 215 g/mol. The van der Waals surface area contributed by atoms with Gasteiger partial charge in [-0.1, -0.05) is 0 Å². The Bertz CT molecular complexity index is 485. The average Bonchev–Trinajstić information content (AvgIpc) is 2.62. The van der Waals surface area contributed by atoms with Gasteiger partial charge in [-0.25, -0.2) is 5.43 Å². The summed E-state index contributed by atoms with van der Waals surface area (Å²) >= 11 is 0. The molecule has 2 rings (SSSR count). The number of hydrazone groups is 1. The first-order chi connectivity index (χ1) is 7.70. The van der Waals surface area contributed by atoms with Crippen LogP contribution in [0, 0.1) is 11.3 Å². The molecule has 0 aliphatic carbocycles. The highest BCUT2D eigenvalue weighted by atomic mass is 16.5. The van der Waals surface area contributed by atoms with Crippen molar-refractivity contribution in [1.29, 1.82) is 5.26 Å².